The molecule has 0 aliphatic heterocycles. The van der Waals surface area contributed by atoms with Crippen LogP contribution in [0.3, 0.4) is 0 Å². The van der Waals surface area contributed by atoms with Crippen LogP contribution in [0, 0.1) is 0 Å². The molecule has 0 atom stereocenters. The number of amides is 1. The molecular weight excluding hydrogens is 172 g/mol. The molecule has 0 fully saturated rings. The van der Waals surface area contributed by atoms with Crippen LogP contribution in [-0.4, -0.2) is 11.0 Å². The highest BCUT2D eigenvalue weighted by atomic mass is 16.3. The number of rotatable bonds is 1. The Hall–Kier alpha value is -1.95. The lowest BCUT2D eigenvalue weighted by atomic mass is 10.1. The molecule has 0 radical (unpaired) electrons. The Balaban J connectivity index is 0.00000144. The fraction of sp³-hybridized carbons (Fsp3) is 0. The van der Waals surface area contributed by atoms with Crippen LogP contribution in [-0.2, 0) is 0 Å². The summed E-state index contributed by atoms with van der Waals surface area (Å²) in [6, 6.07) is 2.54. The van der Waals surface area contributed by atoms with E-state index in [0.717, 1.165) is 0 Å². The molecule has 0 aliphatic carbocycles. The van der Waals surface area contributed by atoms with Crippen LogP contribution in [0.15, 0.2) is 12.1 Å². The van der Waals surface area contributed by atoms with Crippen LogP contribution in [0.25, 0.3) is 0 Å². The van der Waals surface area contributed by atoms with E-state index in [4.69, 9.17) is 22.3 Å². The number of carbonyl (C=O) groups excluding carboxylic acids is 1. The number of carbonyl (C=O) groups is 1. The quantitative estimate of drug-likeness (QED) is 0.303. The van der Waals surface area contributed by atoms with Gasteiger partial charge in [0.2, 0.25) is 5.91 Å². The number of phenolic OH excluding ortho intramolecular Hbond substituents is 1. The summed E-state index contributed by atoms with van der Waals surface area (Å²) in [6.45, 7) is 0. The molecule has 1 rings (SSSR count). The molecule has 0 unspecified atom stereocenters. The van der Waals surface area contributed by atoms with Gasteiger partial charge in [0, 0.05) is 5.56 Å². The van der Waals surface area contributed by atoms with Gasteiger partial charge in [-0.1, -0.05) is 0 Å². The number of nitrogens with two attached hydrogens (primary N) is 3. The smallest absolute Gasteiger partial charge is 0.248 e. The Bertz CT molecular complexity index is 314. The van der Waals surface area contributed by atoms with Crippen molar-refractivity contribution < 1.29 is 9.90 Å². The van der Waals surface area contributed by atoms with Gasteiger partial charge in [-0.3, -0.25) is 4.79 Å². The Morgan fingerprint density at radius 1 is 1.23 bits per heavy atom. The third-order valence-corrected chi connectivity index (χ3v) is 1.45. The molecule has 0 aromatic heterocycles. The van der Waals surface area contributed by atoms with Gasteiger partial charge in [-0.25, -0.2) is 0 Å². The Morgan fingerprint density at radius 3 is 1.92 bits per heavy atom. The van der Waals surface area contributed by atoms with Crippen LogP contribution < -0.4 is 23.4 Å². The molecule has 0 saturated heterocycles. The van der Waals surface area contributed by atoms with Crippen LogP contribution in [0.1, 0.15) is 10.4 Å². The topological polar surface area (TPSA) is 150 Å². The number of nitrogen functional groups attached to an aromatic ring is 2. The predicted molar refractivity (Wildman–Crippen MR) is 50.5 cm³/mol. The molecule has 13 heavy (non-hydrogen) atoms. The molecule has 0 heterocycles. The summed E-state index contributed by atoms with van der Waals surface area (Å²) in [6.07, 6.45) is 0. The van der Waals surface area contributed by atoms with Crippen molar-refractivity contribution in [3.63, 3.8) is 0 Å². The lowest BCUT2D eigenvalue weighted by molar-refractivity contribution is 0.100. The first kappa shape index (κ1) is 11.1. The van der Waals surface area contributed by atoms with Gasteiger partial charge in [-0.2, -0.15) is 0 Å². The van der Waals surface area contributed by atoms with Crippen molar-refractivity contribution in [1.29, 1.82) is 0 Å². The van der Waals surface area contributed by atoms with Gasteiger partial charge in [0.05, 0.1) is 11.4 Å². The summed E-state index contributed by atoms with van der Waals surface area (Å²) in [7, 11) is 0. The highest BCUT2D eigenvalue weighted by molar-refractivity contribution is 5.95. The van der Waals surface area contributed by atoms with E-state index in [-0.39, 0.29) is 28.8 Å². The standard InChI is InChI=1S/C7H9N3O2.H3N/c8-4-1-3(7(10)12)2-5(9)6(4)11;/h1-2,11H,8-9H2,(H2,10,12);1H3. The Kier molecular flexibility index (Phi) is 3.09. The van der Waals surface area contributed by atoms with Gasteiger partial charge in [-0.05, 0) is 12.1 Å². The summed E-state index contributed by atoms with van der Waals surface area (Å²) in [5, 5.41) is 9.11. The van der Waals surface area contributed by atoms with E-state index in [0.29, 0.717) is 0 Å². The number of hydrogen-bond donors (Lipinski definition) is 5. The molecule has 1 aromatic carbocycles. The van der Waals surface area contributed by atoms with E-state index in [1.54, 1.807) is 0 Å². The van der Waals surface area contributed by atoms with Gasteiger partial charge >= 0.3 is 0 Å². The highest BCUT2D eigenvalue weighted by Crippen LogP contribution is 2.28. The SMILES string of the molecule is N.NC(=O)c1cc(N)c(O)c(N)c1. The van der Waals surface area contributed by atoms with Crippen molar-refractivity contribution >= 4 is 17.3 Å². The predicted octanol–water partition coefficient (Wildman–Crippen LogP) is -0.182. The molecule has 1 amide bonds. The number of phenols is 1. The highest BCUT2D eigenvalue weighted by Gasteiger charge is 2.07. The van der Waals surface area contributed by atoms with Gasteiger partial charge in [-0.15, -0.1) is 0 Å². The minimum atomic E-state index is -0.631. The largest absolute Gasteiger partial charge is 0.504 e. The molecule has 0 bridgehead atoms. The van der Waals surface area contributed by atoms with Crippen molar-refractivity contribution in [3.8, 4) is 5.75 Å². The second-order valence-electron chi connectivity index (χ2n) is 2.37. The second kappa shape index (κ2) is 3.63. The van der Waals surface area contributed by atoms with Crippen LogP contribution in [0.4, 0.5) is 11.4 Å². The fourth-order valence-corrected chi connectivity index (χ4v) is 0.822. The summed E-state index contributed by atoms with van der Waals surface area (Å²) in [5.41, 5.74) is 15.9. The van der Waals surface area contributed by atoms with E-state index in [1.807, 2.05) is 0 Å². The Labute approximate surface area is 74.9 Å². The fourth-order valence-electron chi connectivity index (χ4n) is 0.822. The second-order valence-corrected chi connectivity index (χ2v) is 2.37. The molecule has 6 nitrogen and oxygen atoms in total. The normalized spacial score (nSPS) is 8.92. The zero-order chi connectivity index (χ0) is 9.30. The van der Waals surface area contributed by atoms with Gasteiger partial charge in [0.25, 0.3) is 0 Å². The first-order chi connectivity index (χ1) is 5.52. The summed E-state index contributed by atoms with van der Waals surface area (Å²) >= 11 is 0. The third-order valence-electron chi connectivity index (χ3n) is 1.45. The number of aromatic hydroxyl groups is 1. The average Bonchev–Trinajstić information content (AvgIpc) is 1.99. The van der Waals surface area contributed by atoms with Crippen molar-refractivity contribution in [1.82, 2.24) is 6.15 Å². The van der Waals surface area contributed by atoms with E-state index in [9.17, 15) is 4.79 Å². The van der Waals surface area contributed by atoms with Gasteiger partial charge in [0.1, 0.15) is 0 Å². The molecule has 10 N–H and O–H groups in total. The van der Waals surface area contributed by atoms with E-state index < -0.39 is 5.91 Å². The monoisotopic (exact) mass is 184 g/mol. The maximum Gasteiger partial charge on any atom is 0.248 e. The van der Waals surface area contributed by atoms with E-state index in [2.05, 4.69) is 0 Å². The van der Waals surface area contributed by atoms with Crippen molar-refractivity contribution in [2.24, 2.45) is 5.73 Å². The number of benzene rings is 1. The summed E-state index contributed by atoms with van der Waals surface area (Å²) < 4.78 is 0. The minimum absolute atomic E-state index is 0. The molecule has 0 spiro atoms. The molecule has 0 aliphatic rings. The first-order valence-corrected chi connectivity index (χ1v) is 3.20. The van der Waals surface area contributed by atoms with Crippen LogP contribution in [0.5, 0.6) is 5.75 Å². The first-order valence-electron chi connectivity index (χ1n) is 3.20. The van der Waals surface area contributed by atoms with Crippen LogP contribution in [0.2, 0.25) is 0 Å². The maximum absolute atomic E-state index is 10.6. The van der Waals surface area contributed by atoms with E-state index in [1.165, 1.54) is 12.1 Å². The summed E-state index contributed by atoms with van der Waals surface area (Å²) in [4.78, 5) is 10.6. The van der Waals surface area contributed by atoms with Crippen molar-refractivity contribution in [3.05, 3.63) is 17.7 Å². The lowest BCUT2D eigenvalue weighted by Crippen LogP contribution is -2.11. The molecule has 1 aromatic rings. The number of primary amides is 1. The zero-order valence-corrected chi connectivity index (χ0v) is 6.95. The Morgan fingerprint density at radius 2 is 1.62 bits per heavy atom. The summed E-state index contributed by atoms with van der Waals surface area (Å²) in [5.74, 6) is -0.853. The minimum Gasteiger partial charge on any atom is -0.504 e. The van der Waals surface area contributed by atoms with Crippen molar-refractivity contribution in [2.45, 2.75) is 0 Å². The average molecular weight is 184 g/mol. The number of hydrogen-bond acceptors (Lipinski definition) is 5. The van der Waals surface area contributed by atoms with Crippen molar-refractivity contribution in [2.75, 3.05) is 11.5 Å². The van der Waals surface area contributed by atoms with E-state index >= 15 is 0 Å². The molecular formula is C7H12N4O2. The van der Waals surface area contributed by atoms with Gasteiger partial charge < -0.3 is 28.5 Å². The molecule has 6 heteroatoms. The zero-order valence-electron chi connectivity index (χ0n) is 6.95. The van der Waals surface area contributed by atoms with Gasteiger partial charge in [0.15, 0.2) is 5.75 Å². The molecule has 72 valence electrons. The lowest BCUT2D eigenvalue weighted by Gasteiger charge is -2.04. The maximum atomic E-state index is 10.6. The number of anilines is 2. The molecule has 0 saturated carbocycles. The third kappa shape index (κ3) is 2.00. The van der Waals surface area contributed by atoms with Crippen LogP contribution >= 0.6 is 0 Å².